The molecule has 0 aliphatic carbocycles. The van der Waals surface area contributed by atoms with E-state index in [2.05, 4.69) is 5.32 Å². The minimum Gasteiger partial charge on any atom is -0.338 e. The quantitative estimate of drug-likeness (QED) is 0.681. The molecule has 7 heteroatoms. The second kappa shape index (κ2) is 7.38. The predicted molar refractivity (Wildman–Crippen MR) is 83.0 cm³/mol. The van der Waals surface area contributed by atoms with Gasteiger partial charge < -0.3 is 10.2 Å². The highest BCUT2D eigenvalue weighted by Gasteiger charge is 2.27. The van der Waals surface area contributed by atoms with Gasteiger partial charge in [-0.15, -0.1) is 12.4 Å². The molecule has 0 aromatic heterocycles. The van der Waals surface area contributed by atoms with E-state index in [0.717, 1.165) is 26.1 Å². The second-order valence-corrected chi connectivity index (χ2v) is 5.22. The van der Waals surface area contributed by atoms with Gasteiger partial charge in [0.25, 0.3) is 11.6 Å². The largest absolute Gasteiger partial charge is 0.338 e. The average molecular weight is 314 g/mol. The molecule has 6 nitrogen and oxygen atoms in total. The van der Waals surface area contributed by atoms with Gasteiger partial charge in [-0.25, -0.2) is 0 Å². The Morgan fingerprint density at radius 2 is 2.24 bits per heavy atom. The number of likely N-dealkylation sites (tertiary alicyclic amines) is 1. The molecule has 1 aromatic carbocycles. The van der Waals surface area contributed by atoms with E-state index in [4.69, 9.17) is 0 Å². The van der Waals surface area contributed by atoms with E-state index in [1.807, 2.05) is 11.9 Å². The molecular weight excluding hydrogens is 294 g/mol. The van der Waals surface area contributed by atoms with Crippen LogP contribution in [0.3, 0.4) is 0 Å². The first-order chi connectivity index (χ1) is 9.52. The highest BCUT2D eigenvalue weighted by Crippen LogP contribution is 2.22. The fourth-order valence-electron chi connectivity index (χ4n) is 2.65. The highest BCUT2D eigenvalue weighted by atomic mass is 35.5. The van der Waals surface area contributed by atoms with Crippen molar-refractivity contribution in [1.29, 1.82) is 0 Å². The molecule has 2 rings (SSSR count). The summed E-state index contributed by atoms with van der Waals surface area (Å²) in [4.78, 5) is 24.5. The molecule has 116 valence electrons. The normalized spacial score (nSPS) is 17.4. The lowest BCUT2D eigenvalue weighted by Crippen LogP contribution is -2.30. The summed E-state index contributed by atoms with van der Waals surface area (Å²) in [5.74, 6) is 0.449. The first-order valence-corrected chi connectivity index (χ1v) is 6.72. The number of nitrogens with zero attached hydrogens (tertiary/aromatic N) is 2. The van der Waals surface area contributed by atoms with Crippen LogP contribution in [0.4, 0.5) is 5.69 Å². The minimum atomic E-state index is -0.428. The maximum absolute atomic E-state index is 12.4. The molecule has 1 atom stereocenters. The van der Waals surface area contributed by atoms with Crippen molar-refractivity contribution in [3.63, 3.8) is 0 Å². The first kappa shape index (κ1) is 17.4. The molecule has 1 amide bonds. The number of carbonyl (C=O) groups is 1. The van der Waals surface area contributed by atoms with Gasteiger partial charge >= 0.3 is 0 Å². The molecule has 0 saturated carbocycles. The van der Waals surface area contributed by atoms with E-state index in [0.29, 0.717) is 17.0 Å². The summed E-state index contributed by atoms with van der Waals surface area (Å²) in [6, 6.07) is 4.55. The molecule has 1 aliphatic rings. The van der Waals surface area contributed by atoms with E-state index in [1.165, 1.54) is 6.07 Å². The Kier molecular flexibility index (Phi) is 6.11. The summed E-state index contributed by atoms with van der Waals surface area (Å²) in [5.41, 5.74) is 1.10. The van der Waals surface area contributed by atoms with Crippen molar-refractivity contribution >= 4 is 24.0 Å². The minimum absolute atomic E-state index is 0. The fourth-order valence-corrected chi connectivity index (χ4v) is 2.65. The van der Waals surface area contributed by atoms with Gasteiger partial charge in [-0.05, 0) is 45.0 Å². The molecule has 1 fully saturated rings. The number of rotatable bonds is 4. The monoisotopic (exact) mass is 313 g/mol. The summed E-state index contributed by atoms with van der Waals surface area (Å²) in [7, 11) is 1.91. The summed E-state index contributed by atoms with van der Waals surface area (Å²) in [5, 5.41) is 13.9. The third-order valence-corrected chi connectivity index (χ3v) is 3.71. The third kappa shape index (κ3) is 3.92. The summed E-state index contributed by atoms with van der Waals surface area (Å²) in [6.07, 6.45) is 0.999. The van der Waals surface area contributed by atoms with E-state index in [-0.39, 0.29) is 24.0 Å². The summed E-state index contributed by atoms with van der Waals surface area (Å²) in [6.45, 7) is 4.06. The second-order valence-electron chi connectivity index (χ2n) is 5.22. The molecule has 1 aliphatic heterocycles. The number of amides is 1. The summed E-state index contributed by atoms with van der Waals surface area (Å²) >= 11 is 0. The fraction of sp³-hybridized carbons (Fsp3) is 0.500. The van der Waals surface area contributed by atoms with E-state index < -0.39 is 4.92 Å². The molecule has 0 radical (unpaired) electrons. The number of hydrogen-bond donors (Lipinski definition) is 1. The zero-order chi connectivity index (χ0) is 14.7. The van der Waals surface area contributed by atoms with Crippen molar-refractivity contribution < 1.29 is 9.72 Å². The van der Waals surface area contributed by atoms with Crippen LogP contribution in [0.15, 0.2) is 18.2 Å². The van der Waals surface area contributed by atoms with Crippen molar-refractivity contribution in [3.05, 3.63) is 39.4 Å². The van der Waals surface area contributed by atoms with Gasteiger partial charge in [0.1, 0.15) is 0 Å². The van der Waals surface area contributed by atoms with Gasteiger partial charge in [-0.1, -0.05) is 0 Å². The molecule has 1 unspecified atom stereocenters. The average Bonchev–Trinajstić information content (AvgIpc) is 2.86. The number of hydrogen-bond acceptors (Lipinski definition) is 4. The Hall–Kier alpha value is -1.66. The van der Waals surface area contributed by atoms with E-state index in [9.17, 15) is 14.9 Å². The number of benzene rings is 1. The zero-order valence-electron chi connectivity index (χ0n) is 12.2. The van der Waals surface area contributed by atoms with Crippen molar-refractivity contribution in [3.8, 4) is 0 Å². The Morgan fingerprint density at radius 1 is 1.52 bits per heavy atom. The van der Waals surface area contributed by atoms with Crippen molar-refractivity contribution in [2.45, 2.75) is 13.3 Å². The van der Waals surface area contributed by atoms with Gasteiger partial charge in [0.05, 0.1) is 4.92 Å². The number of nitro groups is 1. The molecule has 1 saturated heterocycles. The van der Waals surface area contributed by atoms with Crippen molar-refractivity contribution in [1.82, 2.24) is 10.2 Å². The maximum atomic E-state index is 12.4. The van der Waals surface area contributed by atoms with Crippen LogP contribution in [0.5, 0.6) is 0 Å². The SMILES string of the molecule is CNCC1CCN(C(=O)c2ccc([N+](=O)[O-])c(C)c2)C1.Cl. The number of nitrogens with one attached hydrogen (secondary N) is 1. The van der Waals surface area contributed by atoms with Gasteiger partial charge in [-0.2, -0.15) is 0 Å². The number of halogens is 1. The first-order valence-electron chi connectivity index (χ1n) is 6.72. The lowest BCUT2D eigenvalue weighted by molar-refractivity contribution is -0.385. The maximum Gasteiger partial charge on any atom is 0.272 e. The lowest BCUT2D eigenvalue weighted by atomic mass is 10.1. The molecule has 1 heterocycles. The molecule has 0 bridgehead atoms. The molecular formula is C14H20ClN3O3. The standard InChI is InChI=1S/C14H19N3O3.ClH/c1-10-7-12(3-4-13(10)17(19)20)14(18)16-6-5-11(9-16)8-15-2;/h3-4,7,11,15H,5-6,8-9H2,1-2H3;1H. The van der Waals surface area contributed by atoms with Crippen LogP contribution in [-0.4, -0.2) is 42.4 Å². The lowest BCUT2D eigenvalue weighted by Gasteiger charge is -2.17. The number of nitro benzene ring substituents is 1. The molecule has 1 N–H and O–H groups in total. The Balaban J connectivity index is 0.00000220. The Morgan fingerprint density at radius 3 is 2.81 bits per heavy atom. The Labute approximate surface area is 130 Å². The van der Waals surface area contributed by atoms with Crippen LogP contribution >= 0.6 is 12.4 Å². The number of carbonyl (C=O) groups excluding carboxylic acids is 1. The van der Waals surface area contributed by atoms with Gasteiger partial charge in [0.2, 0.25) is 0 Å². The van der Waals surface area contributed by atoms with Crippen LogP contribution < -0.4 is 5.32 Å². The molecule has 0 spiro atoms. The molecule has 1 aromatic rings. The third-order valence-electron chi connectivity index (χ3n) is 3.71. The predicted octanol–water partition coefficient (Wildman–Crippen LogP) is 2.01. The van der Waals surface area contributed by atoms with Crippen LogP contribution in [0.2, 0.25) is 0 Å². The topological polar surface area (TPSA) is 75.5 Å². The van der Waals surface area contributed by atoms with E-state index >= 15 is 0 Å². The van der Waals surface area contributed by atoms with Crippen molar-refractivity contribution in [2.24, 2.45) is 5.92 Å². The van der Waals surface area contributed by atoms with E-state index in [1.54, 1.807) is 19.1 Å². The zero-order valence-corrected chi connectivity index (χ0v) is 13.0. The van der Waals surface area contributed by atoms with Crippen molar-refractivity contribution in [2.75, 3.05) is 26.7 Å². The Bertz CT molecular complexity index is 536. The highest BCUT2D eigenvalue weighted by molar-refractivity contribution is 5.95. The van der Waals surface area contributed by atoms with Gasteiger partial charge in [-0.3, -0.25) is 14.9 Å². The smallest absolute Gasteiger partial charge is 0.272 e. The van der Waals surface area contributed by atoms with Gasteiger partial charge in [0, 0.05) is 30.3 Å². The molecule has 21 heavy (non-hydrogen) atoms. The van der Waals surface area contributed by atoms with Crippen LogP contribution in [0.25, 0.3) is 0 Å². The van der Waals surface area contributed by atoms with Crippen LogP contribution in [0.1, 0.15) is 22.3 Å². The van der Waals surface area contributed by atoms with Crippen LogP contribution in [-0.2, 0) is 0 Å². The summed E-state index contributed by atoms with van der Waals surface area (Å²) < 4.78 is 0. The van der Waals surface area contributed by atoms with Crippen LogP contribution in [0, 0.1) is 23.0 Å². The number of aryl methyl sites for hydroxylation is 1. The van der Waals surface area contributed by atoms with Gasteiger partial charge in [0.15, 0.2) is 0 Å².